The van der Waals surface area contributed by atoms with Crippen LogP contribution in [0.1, 0.15) is 43.0 Å². The lowest BCUT2D eigenvalue weighted by Gasteiger charge is -2.13. The van der Waals surface area contributed by atoms with Crippen molar-refractivity contribution in [2.45, 2.75) is 32.6 Å². The highest BCUT2D eigenvalue weighted by molar-refractivity contribution is 5.89. The molecule has 0 aromatic heterocycles. The molecule has 0 amide bonds. The number of hydrogen-bond donors (Lipinski definition) is 0. The lowest BCUT2D eigenvalue weighted by atomic mass is 10.2. The van der Waals surface area contributed by atoms with Crippen molar-refractivity contribution in [3.05, 3.63) is 29.8 Å². The van der Waals surface area contributed by atoms with Gasteiger partial charge in [0.25, 0.3) is 0 Å². The van der Waals surface area contributed by atoms with Crippen molar-refractivity contribution < 1.29 is 9.53 Å². The summed E-state index contributed by atoms with van der Waals surface area (Å²) in [7, 11) is 0. The van der Waals surface area contributed by atoms with Gasteiger partial charge in [-0.2, -0.15) is 0 Å². The fourth-order valence-corrected chi connectivity index (χ4v) is 2.14. The molecule has 5 nitrogen and oxygen atoms in total. The minimum atomic E-state index is -0.302. The highest BCUT2D eigenvalue weighted by Crippen LogP contribution is 2.16. The number of carbonyl (C=O) groups excluding carboxylic acids is 1. The summed E-state index contributed by atoms with van der Waals surface area (Å²) >= 11 is 0. The summed E-state index contributed by atoms with van der Waals surface area (Å²) in [6.45, 7) is 4.13. The summed E-state index contributed by atoms with van der Waals surface area (Å²) in [4.78, 5) is 11.5. The first-order valence-electron chi connectivity index (χ1n) is 7.23. The van der Waals surface area contributed by atoms with E-state index >= 15 is 0 Å². The van der Waals surface area contributed by atoms with Crippen LogP contribution in [0.4, 0.5) is 5.69 Å². The van der Waals surface area contributed by atoms with Crippen LogP contribution in [0.3, 0.4) is 0 Å². The Balaban J connectivity index is 1.94. The van der Waals surface area contributed by atoms with Crippen LogP contribution < -0.4 is 0 Å². The molecular formula is C15H21N3O2. The van der Waals surface area contributed by atoms with Crippen LogP contribution in [0.5, 0.6) is 0 Å². The van der Waals surface area contributed by atoms with Crippen LogP contribution >= 0.6 is 0 Å². The van der Waals surface area contributed by atoms with Gasteiger partial charge in [-0.1, -0.05) is 18.1 Å². The zero-order valence-electron chi connectivity index (χ0n) is 11.9. The molecule has 0 radical (unpaired) electrons. The molecule has 1 heterocycles. The number of benzene rings is 1. The summed E-state index contributed by atoms with van der Waals surface area (Å²) in [6.07, 6.45) is 4.92. The van der Waals surface area contributed by atoms with Gasteiger partial charge < -0.3 is 4.74 Å². The van der Waals surface area contributed by atoms with Crippen molar-refractivity contribution in [2.75, 3.05) is 19.7 Å². The second kappa shape index (κ2) is 7.62. The number of nitrogens with zero attached hydrogens (tertiary/aromatic N) is 3. The van der Waals surface area contributed by atoms with Gasteiger partial charge in [-0.25, -0.2) is 4.79 Å². The Morgan fingerprint density at radius 3 is 2.40 bits per heavy atom. The van der Waals surface area contributed by atoms with E-state index in [0.717, 1.165) is 18.8 Å². The van der Waals surface area contributed by atoms with Crippen LogP contribution in [0.15, 0.2) is 34.6 Å². The minimum absolute atomic E-state index is 0.302. The Kier molecular flexibility index (Phi) is 5.53. The monoisotopic (exact) mass is 275 g/mol. The number of ether oxygens (including phenoxy) is 1. The van der Waals surface area contributed by atoms with E-state index in [4.69, 9.17) is 4.74 Å². The Bertz CT molecular complexity index is 449. The highest BCUT2D eigenvalue weighted by Gasteiger charge is 2.07. The van der Waals surface area contributed by atoms with Crippen molar-refractivity contribution in [3.63, 3.8) is 0 Å². The second-order valence-electron chi connectivity index (χ2n) is 4.82. The zero-order valence-corrected chi connectivity index (χ0v) is 11.9. The van der Waals surface area contributed by atoms with E-state index in [-0.39, 0.29) is 5.97 Å². The van der Waals surface area contributed by atoms with Gasteiger partial charge in [0.1, 0.15) is 0 Å². The molecule has 0 aliphatic carbocycles. The van der Waals surface area contributed by atoms with E-state index in [1.54, 1.807) is 31.2 Å². The van der Waals surface area contributed by atoms with Crippen LogP contribution in [0.2, 0.25) is 0 Å². The summed E-state index contributed by atoms with van der Waals surface area (Å²) in [5.41, 5.74) is 1.29. The average molecular weight is 275 g/mol. The molecule has 1 aliphatic heterocycles. The van der Waals surface area contributed by atoms with E-state index in [0.29, 0.717) is 12.2 Å². The van der Waals surface area contributed by atoms with Crippen molar-refractivity contribution in [1.29, 1.82) is 0 Å². The van der Waals surface area contributed by atoms with Crippen molar-refractivity contribution in [3.8, 4) is 0 Å². The Hall–Kier alpha value is -1.91. The SMILES string of the molecule is CCOC(=O)c1ccc(N=NN2CCCCCC2)cc1. The average Bonchev–Trinajstić information content (AvgIpc) is 2.74. The lowest BCUT2D eigenvalue weighted by Crippen LogP contribution is -2.17. The van der Waals surface area contributed by atoms with E-state index in [1.807, 2.05) is 5.01 Å². The third kappa shape index (κ3) is 4.33. The summed E-state index contributed by atoms with van der Waals surface area (Å²) in [5.74, 6) is -0.302. The van der Waals surface area contributed by atoms with Gasteiger partial charge in [0.05, 0.1) is 17.9 Å². The molecular weight excluding hydrogens is 254 g/mol. The number of esters is 1. The van der Waals surface area contributed by atoms with Gasteiger partial charge in [-0.05, 0) is 44.0 Å². The number of hydrogen-bond acceptors (Lipinski definition) is 4. The van der Waals surface area contributed by atoms with Crippen molar-refractivity contribution in [1.82, 2.24) is 5.01 Å². The molecule has 0 atom stereocenters. The topological polar surface area (TPSA) is 54.3 Å². The molecule has 1 aromatic carbocycles. The standard InChI is InChI=1S/C15H21N3O2/c1-2-20-15(19)13-7-9-14(10-8-13)16-17-18-11-5-3-4-6-12-18/h7-10H,2-6,11-12H2,1H3. The van der Waals surface area contributed by atoms with E-state index in [1.165, 1.54) is 25.7 Å². The molecule has 0 bridgehead atoms. The summed E-state index contributed by atoms with van der Waals surface area (Å²) in [6, 6.07) is 7.00. The molecule has 0 spiro atoms. The molecule has 1 fully saturated rings. The highest BCUT2D eigenvalue weighted by atomic mass is 16.5. The fraction of sp³-hybridized carbons (Fsp3) is 0.533. The predicted octanol–water partition coefficient (Wildman–Crippen LogP) is 3.74. The van der Waals surface area contributed by atoms with E-state index in [9.17, 15) is 4.79 Å². The quantitative estimate of drug-likeness (QED) is 0.621. The lowest BCUT2D eigenvalue weighted by molar-refractivity contribution is 0.0526. The first-order valence-corrected chi connectivity index (χ1v) is 7.23. The van der Waals surface area contributed by atoms with Crippen molar-refractivity contribution in [2.24, 2.45) is 10.3 Å². The van der Waals surface area contributed by atoms with Gasteiger partial charge in [0.2, 0.25) is 0 Å². The molecule has 1 aromatic rings. The van der Waals surface area contributed by atoms with Gasteiger partial charge in [0.15, 0.2) is 0 Å². The normalized spacial score (nSPS) is 16.1. The predicted molar refractivity (Wildman–Crippen MR) is 77.0 cm³/mol. The third-order valence-electron chi connectivity index (χ3n) is 3.25. The minimum Gasteiger partial charge on any atom is -0.462 e. The maximum Gasteiger partial charge on any atom is 0.338 e. The van der Waals surface area contributed by atoms with E-state index in [2.05, 4.69) is 10.3 Å². The Morgan fingerprint density at radius 2 is 1.80 bits per heavy atom. The maximum absolute atomic E-state index is 11.5. The molecule has 5 heteroatoms. The van der Waals surface area contributed by atoms with Gasteiger partial charge in [0, 0.05) is 13.1 Å². The second-order valence-corrected chi connectivity index (χ2v) is 4.82. The third-order valence-corrected chi connectivity index (χ3v) is 3.25. The van der Waals surface area contributed by atoms with Gasteiger partial charge in [-0.15, -0.1) is 5.11 Å². The molecule has 108 valence electrons. The smallest absolute Gasteiger partial charge is 0.338 e. The maximum atomic E-state index is 11.5. The molecule has 2 rings (SSSR count). The summed E-state index contributed by atoms with van der Waals surface area (Å²) in [5, 5.41) is 10.5. The molecule has 0 unspecified atom stereocenters. The molecule has 1 aliphatic rings. The van der Waals surface area contributed by atoms with E-state index < -0.39 is 0 Å². The number of carbonyl (C=O) groups is 1. The Morgan fingerprint density at radius 1 is 1.15 bits per heavy atom. The van der Waals surface area contributed by atoms with Crippen molar-refractivity contribution >= 4 is 11.7 Å². The van der Waals surface area contributed by atoms with Crippen LogP contribution in [-0.4, -0.2) is 30.7 Å². The summed E-state index contributed by atoms with van der Waals surface area (Å²) < 4.78 is 4.94. The van der Waals surface area contributed by atoms with Crippen LogP contribution in [0, 0.1) is 0 Å². The van der Waals surface area contributed by atoms with Gasteiger partial charge >= 0.3 is 5.97 Å². The fourth-order valence-electron chi connectivity index (χ4n) is 2.14. The molecule has 0 N–H and O–H groups in total. The Labute approximate surface area is 119 Å². The first kappa shape index (κ1) is 14.5. The molecule has 1 saturated heterocycles. The molecule has 0 saturated carbocycles. The first-order chi connectivity index (χ1) is 9.79. The largest absolute Gasteiger partial charge is 0.462 e. The van der Waals surface area contributed by atoms with Crippen LogP contribution in [-0.2, 0) is 4.74 Å². The number of rotatable bonds is 4. The van der Waals surface area contributed by atoms with Crippen LogP contribution in [0.25, 0.3) is 0 Å². The zero-order chi connectivity index (χ0) is 14.2. The molecule has 20 heavy (non-hydrogen) atoms. The van der Waals surface area contributed by atoms with Gasteiger partial charge in [-0.3, -0.25) is 5.01 Å².